The van der Waals surface area contributed by atoms with Gasteiger partial charge in [0.2, 0.25) is 21.9 Å². The van der Waals surface area contributed by atoms with E-state index in [1.54, 1.807) is 143 Å². The molecule has 137 heavy (non-hydrogen) atoms. The highest BCUT2D eigenvalue weighted by molar-refractivity contribution is 7.89. The summed E-state index contributed by atoms with van der Waals surface area (Å²) in [7, 11) is -0.215. The minimum absolute atomic E-state index is 0.0267. The van der Waals surface area contributed by atoms with Crippen LogP contribution in [0.5, 0.6) is 5.75 Å². The van der Waals surface area contributed by atoms with Gasteiger partial charge in [0.1, 0.15) is 64.5 Å². The van der Waals surface area contributed by atoms with E-state index in [0.29, 0.717) is 149 Å². The van der Waals surface area contributed by atoms with E-state index in [0.717, 1.165) is 28.0 Å². The molecule has 8 N–H and O–H groups in total. The number of aryl methyl sites for hydroxylation is 1. The molecule has 0 bridgehead atoms. The molecule has 0 aliphatic carbocycles. The van der Waals surface area contributed by atoms with Gasteiger partial charge in [-0.25, -0.2) is 61.5 Å². The number of imidazole rings is 2. The Kier molecular flexibility index (Phi) is 25.4. The zero-order valence-electron chi connectivity index (χ0n) is 74.4. The summed E-state index contributed by atoms with van der Waals surface area (Å²) < 4.78 is 77.8. The first-order chi connectivity index (χ1) is 66.3. The van der Waals surface area contributed by atoms with Crippen molar-refractivity contribution in [1.29, 1.82) is 0 Å². The summed E-state index contributed by atoms with van der Waals surface area (Å²) in [6, 6.07) is 66.9. The molecule has 2 aliphatic heterocycles. The van der Waals surface area contributed by atoms with E-state index >= 15 is 0 Å². The minimum atomic E-state index is -3.75. The average Bonchev–Trinajstić information content (AvgIpc) is 1.50. The maximum atomic E-state index is 14.7. The first-order valence-electron chi connectivity index (χ1n) is 43.6. The molecule has 11 heterocycles. The van der Waals surface area contributed by atoms with Crippen LogP contribution in [0.25, 0.3) is 94.0 Å². The predicted octanol–water partition coefficient (Wildman–Crippen LogP) is 17.0. The number of halogens is 4. The number of anilines is 8. The summed E-state index contributed by atoms with van der Waals surface area (Å²) in [6.07, 6.45) is 8.68. The number of nitrogens with zero attached hydrogens (tertiary/aromatic N) is 18. The molecule has 688 valence electrons. The van der Waals surface area contributed by atoms with Crippen LogP contribution in [0, 0.1) is 24.4 Å². The monoisotopic (exact) mass is 1870 g/mol. The molecule has 0 radical (unpaired) electrons. The fraction of sp³-hybridized carbons (Fsp3) is 0.150. The van der Waals surface area contributed by atoms with E-state index in [-0.39, 0.29) is 76.2 Å². The van der Waals surface area contributed by atoms with Crippen molar-refractivity contribution in [3.05, 3.63) is 350 Å². The summed E-state index contributed by atoms with van der Waals surface area (Å²) in [5, 5.41) is 27.1. The predicted molar refractivity (Wildman–Crippen MR) is 523 cm³/mol. The smallest absolute Gasteiger partial charge is 0.269 e. The van der Waals surface area contributed by atoms with Gasteiger partial charge in [0.25, 0.3) is 22.6 Å². The number of sulfonamides is 1. The van der Waals surface area contributed by atoms with Gasteiger partial charge in [0, 0.05) is 86.4 Å². The number of amides is 2. The number of pyridine rings is 2. The third kappa shape index (κ3) is 17.9. The molecule has 1 saturated heterocycles. The number of aromatic hydroxyl groups is 1. The van der Waals surface area contributed by atoms with E-state index in [1.807, 2.05) is 148 Å². The summed E-state index contributed by atoms with van der Waals surface area (Å²) in [5.74, 6) is -0.248. The largest absolute Gasteiger partial charge is 0.505 e. The van der Waals surface area contributed by atoms with Crippen molar-refractivity contribution in [2.75, 3.05) is 71.8 Å². The zero-order chi connectivity index (χ0) is 95.6. The SMILES string of the molecule is CC(Nc1ncnc2nc[nH]c12)c1cc2cccc(Cl)c2c(=O)n1-c1ccccc1.CCC(=O)N1CCN(S(=O)(=O)c2cccc(Nc3ncc4c(n3)N(C)c3ccc(C)cc3C(=O)N4C)c2)CC1.CCC(Nc1ncnc2nc[nH]c12)c1cc2cccc(F)c2c(=O)n1-c1ccccc1.Nc1cccc2c1c(-c1ccc(O)c(F)c1)nn2Cc1nc2cccc(F)c2c(=O)n1-c1ccccc1. The van der Waals surface area contributed by atoms with Crippen LogP contribution in [-0.4, -0.2) is 153 Å². The van der Waals surface area contributed by atoms with Gasteiger partial charge in [-0.15, -0.1) is 0 Å². The summed E-state index contributed by atoms with van der Waals surface area (Å²) in [6.45, 7) is 9.02. The molecular formula is C100H86ClF3N24O8S. The summed E-state index contributed by atoms with van der Waals surface area (Å²) >= 11 is 6.38. The standard InChI is InChI=1S/C28H19F2N5O2.C27H31N7O4S.C23H19FN6O.C22H17ClN6O/c29-18-8-4-10-21-25(18)28(37)35(17-6-2-1-3-7-17)24(32-21)15-34-22-11-5-9-20(31)26(22)27(33-34)16-12-13-23(36)19(30)14-16;1-5-24(35)33-11-13-34(14-12-33)39(37,38)20-8-6-7-19(16-20)29-27-28-17-23-25(30-27)31(3)22-10-9-18(2)15-21(22)26(36)32(23)4;1-2-17(29-22-20-21(26-12-25-20)27-13-28-22)18-11-14-7-6-10-16(24)19(14)23(31)30(18)15-8-4-3-5-9-15;1-13(28-21-19-20(25-11-24-19)26-12-27-21)17-10-14-6-5-9-16(23)18(14)22(30)29(17)15-7-3-2-4-8-15/h1-14,36H,15,31H2;6-10,15-17H,5,11-14H2,1-4H3,(H,28,29,30);3-13,17H,2H2,1H3,(H2,25,26,27,28,29);2-13H,1H3,(H2,24,25,26,27,28). The molecule has 19 aromatic rings. The second-order valence-electron chi connectivity index (χ2n) is 32.3. The number of nitrogens with one attached hydrogen (secondary N) is 5. The molecule has 9 aromatic heterocycles. The molecule has 1 fully saturated rings. The van der Waals surface area contributed by atoms with Gasteiger partial charge >= 0.3 is 0 Å². The van der Waals surface area contributed by atoms with Crippen LogP contribution in [-0.2, 0) is 21.4 Å². The van der Waals surface area contributed by atoms with Crippen LogP contribution in [0.1, 0.15) is 78.8 Å². The number of hydrogen-bond donors (Lipinski definition) is 7. The lowest BCUT2D eigenvalue weighted by Crippen LogP contribution is -2.50. The Morgan fingerprint density at radius 2 is 1.16 bits per heavy atom. The molecule has 2 atom stereocenters. The van der Waals surface area contributed by atoms with Gasteiger partial charge < -0.3 is 51.5 Å². The normalized spacial score (nSPS) is 13.1. The Balaban J connectivity index is 0.000000122. The van der Waals surface area contributed by atoms with E-state index in [9.17, 15) is 50.7 Å². The number of carbonyl (C=O) groups is 2. The Morgan fingerprint density at radius 1 is 0.569 bits per heavy atom. The number of nitrogen functional groups attached to an aromatic ring is 1. The Labute approximate surface area is 784 Å². The number of aromatic nitrogens is 16. The number of fused-ring (bicyclic) bond motifs is 8. The Hall–Kier alpha value is -16.9. The summed E-state index contributed by atoms with van der Waals surface area (Å²) in [4.78, 5) is 116. The molecule has 32 nitrogen and oxygen atoms in total. The van der Waals surface area contributed by atoms with E-state index in [4.69, 9.17) is 22.4 Å². The Morgan fingerprint density at radius 3 is 1.82 bits per heavy atom. The molecule has 2 aliphatic rings. The Bertz CT molecular complexity index is 8210. The van der Waals surface area contributed by atoms with Gasteiger partial charge in [-0.1, -0.05) is 134 Å². The van der Waals surface area contributed by atoms with Crippen LogP contribution >= 0.6 is 11.6 Å². The lowest BCUT2D eigenvalue weighted by molar-refractivity contribution is -0.132. The molecule has 37 heteroatoms. The van der Waals surface area contributed by atoms with Crippen molar-refractivity contribution in [3.8, 4) is 34.1 Å². The second kappa shape index (κ2) is 38.4. The molecule has 0 spiro atoms. The first kappa shape index (κ1) is 90.7. The molecule has 10 aromatic carbocycles. The molecule has 21 rings (SSSR count). The highest BCUT2D eigenvalue weighted by Gasteiger charge is 2.34. The zero-order valence-corrected chi connectivity index (χ0v) is 75.9. The topological polar surface area (TPSA) is 395 Å². The van der Waals surface area contributed by atoms with Crippen LogP contribution in [0.3, 0.4) is 0 Å². The van der Waals surface area contributed by atoms with Crippen LogP contribution in [0.4, 0.5) is 59.3 Å². The fourth-order valence-electron chi connectivity index (χ4n) is 16.9. The number of piperazine rings is 1. The molecule has 2 unspecified atom stereocenters. The number of carbonyl (C=O) groups excluding carboxylic acids is 2. The van der Waals surface area contributed by atoms with Crippen molar-refractivity contribution in [3.63, 3.8) is 0 Å². The number of aromatic amines is 2. The highest BCUT2D eigenvalue weighted by atomic mass is 35.5. The van der Waals surface area contributed by atoms with Gasteiger partial charge in [0.15, 0.2) is 40.3 Å². The lowest BCUT2D eigenvalue weighted by atomic mass is 10.0. The van der Waals surface area contributed by atoms with Gasteiger partial charge in [-0.2, -0.15) is 14.4 Å². The number of H-pyrrole nitrogens is 2. The third-order valence-corrected chi connectivity index (χ3v) is 26.0. The van der Waals surface area contributed by atoms with Crippen LogP contribution in [0.2, 0.25) is 5.02 Å². The van der Waals surface area contributed by atoms with Gasteiger partial charge in [-0.3, -0.25) is 42.4 Å². The van der Waals surface area contributed by atoms with Crippen molar-refractivity contribution < 1.29 is 36.3 Å². The summed E-state index contributed by atoms with van der Waals surface area (Å²) in [5.41, 5.74) is 16.6. The minimum Gasteiger partial charge on any atom is -0.505 e. The van der Waals surface area contributed by atoms with Crippen molar-refractivity contribution >= 4 is 145 Å². The third-order valence-electron chi connectivity index (χ3n) is 23.7. The average molecular weight is 1880 g/mol. The first-order valence-corrected chi connectivity index (χ1v) is 45.4. The van der Waals surface area contributed by atoms with Crippen molar-refractivity contribution in [2.45, 2.75) is 64.1 Å². The number of nitrogens with two attached hydrogens (primary N) is 1. The molecule has 0 saturated carbocycles. The maximum Gasteiger partial charge on any atom is 0.269 e. The highest BCUT2D eigenvalue weighted by Crippen LogP contribution is 2.41. The number of para-hydroxylation sites is 3. The number of phenols is 1. The van der Waals surface area contributed by atoms with Gasteiger partial charge in [-0.05, 0) is 165 Å². The quantitative estimate of drug-likeness (QED) is 0.0392. The number of benzene rings is 10. The lowest BCUT2D eigenvalue weighted by Gasteiger charge is -2.34. The number of hydrogen-bond acceptors (Lipinski definition) is 23. The van der Waals surface area contributed by atoms with Crippen LogP contribution in [0.15, 0.2) is 287 Å². The van der Waals surface area contributed by atoms with Crippen molar-refractivity contribution in [1.82, 2.24) is 87.5 Å². The van der Waals surface area contributed by atoms with E-state index in [2.05, 4.69) is 70.8 Å². The van der Waals surface area contributed by atoms with Crippen molar-refractivity contribution in [2.24, 2.45) is 0 Å². The fourth-order valence-corrected chi connectivity index (χ4v) is 18.6. The van der Waals surface area contributed by atoms with Crippen LogP contribution < -0.4 is 48.2 Å². The van der Waals surface area contributed by atoms with E-state index < -0.39 is 44.3 Å². The maximum absolute atomic E-state index is 14.7. The second-order valence-corrected chi connectivity index (χ2v) is 34.7. The molecular weight excluding hydrogens is 1790 g/mol. The molecule has 2 amide bonds. The van der Waals surface area contributed by atoms with E-state index in [1.165, 1.54) is 56.8 Å². The number of rotatable bonds is 18. The number of phenolic OH excluding ortho intramolecular Hbond substituents is 1. The van der Waals surface area contributed by atoms with Gasteiger partial charge in [0.05, 0.1) is 85.0 Å².